The fraction of sp³-hybridized carbons (Fsp3) is 0.360. The molecule has 0 aliphatic carbocycles. The lowest BCUT2D eigenvalue weighted by Gasteiger charge is -2.36. The predicted molar refractivity (Wildman–Crippen MR) is 120 cm³/mol. The van der Waals surface area contributed by atoms with Crippen LogP contribution in [0.1, 0.15) is 30.4 Å². The molecule has 0 atom stereocenters. The molecule has 162 valence electrons. The highest BCUT2D eigenvalue weighted by atomic mass is 16.5. The second kappa shape index (κ2) is 10.3. The van der Waals surface area contributed by atoms with E-state index in [9.17, 15) is 4.79 Å². The molecule has 2 N–H and O–H groups in total. The third-order valence-electron chi connectivity index (χ3n) is 5.76. The first-order valence-electron chi connectivity index (χ1n) is 10.9. The van der Waals surface area contributed by atoms with E-state index in [1.807, 2.05) is 12.1 Å². The van der Waals surface area contributed by atoms with Crippen LogP contribution >= 0.6 is 0 Å². The van der Waals surface area contributed by atoms with Crippen LogP contribution < -0.4 is 4.74 Å². The molecule has 2 aromatic carbocycles. The summed E-state index contributed by atoms with van der Waals surface area (Å²) in [6.07, 6.45) is 6.15. The molecule has 0 saturated carbocycles. The van der Waals surface area contributed by atoms with E-state index in [-0.39, 0.29) is 5.92 Å². The van der Waals surface area contributed by atoms with Gasteiger partial charge in [0.05, 0.1) is 18.2 Å². The zero-order chi connectivity index (χ0) is 21.5. The van der Waals surface area contributed by atoms with Crippen LogP contribution in [0.5, 0.6) is 5.75 Å². The molecule has 0 unspecified atom stereocenters. The third kappa shape index (κ3) is 5.73. The molecule has 0 radical (unpaired) electrons. The number of likely N-dealkylation sites (tertiary alicyclic amines) is 1. The summed E-state index contributed by atoms with van der Waals surface area (Å²) in [7, 11) is 0. The van der Waals surface area contributed by atoms with Crippen LogP contribution in [-0.2, 0) is 17.8 Å². The van der Waals surface area contributed by atoms with Crippen molar-refractivity contribution in [2.75, 3.05) is 19.7 Å². The molecule has 1 fully saturated rings. The van der Waals surface area contributed by atoms with Gasteiger partial charge in [-0.1, -0.05) is 36.4 Å². The predicted octanol–water partition coefficient (Wildman–Crippen LogP) is 4.38. The first-order chi connectivity index (χ1) is 15.2. The lowest BCUT2D eigenvalue weighted by Crippen LogP contribution is -2.49. The summed E-state index contributed by atoms with van der Waals surface area (Å²) in [5.41, 5.74) is 4.45. The zero-order valence-corrected chi connectivity index (χ0v) is 17.7. The van der Waals surface area contributed by atoms with Gasteiger partial charge in [-0.05, 0) is 55.0 Å². The normalized spacial score (nSPS) is 14.3. The Morgan fingerprint density at radius 3 is 2.65 bits per heavy atom. The quantitative estimate of drug-likeness (QED) is 0.451. The number of ether oxygens (including phenoxy) is 1. The summed E-state index contributed by atoms with van der Waals surface area (Å²) < 4.78 is 6.12. The molecule has 2 heterocycles. The van der Waals surface area contributed by atoms with Crippen LogP contribution in [0.25, 0.3) is 11.3 Å². The van der Waals surface area contributed by atoms with Crippen molar-refractivity contribution in [2.24, 2.45) is 5.92 Å². The Morgan fingerprint density at radius 1 is 1.06 bits per heavy atom. The lowest BCUT2D eigenvalue weighted by atomic mass is 9.99. The molecule has 1 saturated heterocycles. The maximum atomic E-state index is 11.0. The fourth-order valence-electron chi connectivity index (χ4n) is 3.97. The van der Waals surface area contributed by atoms with E-state index in [0.29, 0.717) is 19.7 Å². The van der Waals surface area contributed by atoms with Gasteiger partial charge in [-0.3, -0.25) is 14.8 Å². The number of carboxylic acid groups (broad SMARTS) is 1. The molecule has 6 heteroatoms. The Kier molecular flexibility index (Phi) is 6.99. The number of hydrogen-bond donors (Lipinski definition) is 2. The average Bonchev–Trinajstić information content (AvgIpc) is 3.28. The number of aliphatic carboxylic acids is 1. The first-order valence-corrected chi connectivity index (χ1v) is 10.9. The standard InChI is InChI=1S/C25H29N3O3/c29-25(30)21-17-28(18-21)16-20-10-11-24(22(15-20)23-12-13-26-27-23)31-14-6-2-5-9-19-7-3-1-4-8-19/h1,3-4,7-8,10-13,15,21H,2,5-6,9,14,16-18H2,(H,26,27)(H,29,30). The topological polar surface area (TPSA) is 78.4 Å². The molecule has 1 aromatic heterocycles. The molecule has 1 aliphatic rings. The van der Waals surface area contributed by atoms with Crippen molar-refractivity contribution in [1.82, 2.24) is 15.1 Å². The molecule has 4 rings (SSSR count). The van der Waals surface area contributed by atoms with E-state index >= 15 is 0 Å². The van der Waals surface area contributed by atoms with Crippen molar-refractivity contribution < 1.29 is 14.6 Å². The summed E-state index contributed by atoms with van der Waals surface area (Å²) in [5.74, 6) is -0.0958. The number of aromatic nitrogens is 2. The Hall–Kier alpha value is -3.12. The maximum absolute atomic E-state index is 11.0. The van der Waals surface area contributed by atoms with Crippen molar-refractivity contribution in [3.8, 4) is 17.0 Å². The van der Waals surface area contributed by atoms with Gasteiger partial charge in [0.25, 0.3) is 0 Å². The number of aryl methyl sites for hydroxylation is 1. The van der Waals surface area contributed by atoms with Gasteiger partial charge in [-0.15, -0.1) is 0 Å². The molecule has 0 bridgehead atoms. The van der Waals surface area contributed by atoms with Crippen molar-refractivity contribution in [1.29, 1.82) is 0 Å². The highest BCUT2D eigenvalue weighted by Crippen LogP contribution is 2.31. The fourth-order valence-corrected chi connectivity index (χ4v) is 3.97. The first kappa shape index (κ1) is 21.1. The highest BCUT2D eigenvalue weighted by molar-refractivity contribution is 5.71. The van der Waals surface area contributed by atoms with Gasteiger partial charge < -0.3 is 9.84 Å². The van der Waals surface area contributed by atoms with Gasteiger partial charge in [0.15, 0.2) is 0 Å². The summed E-state index contributed by atoms with van der Waals surface area (Å²) in [6.45, 7) is 2.64. The van der Waals surface area contributed by atoms with Gasteiger partial charge in [-0.25, -0.2) is 0 Å². The number of unbranched alkanes of at least 4 members (excludes halogenated alkanes) is 2. The van der Waals surface area contributed by atoms with E-state index in [0.717, 1.165) is 54.8 Å². The molecular weight excluding hydrogens is 390 g/mol. The zero-order valence-electron chi connectivity index (χ0n) is 17.7. The van der Waals surface area contributed by atoms with Gasteiger partial charge in [-0.2, -0.15) is 5.10 Å². The van der Waals surface area contributed by atoms with Gasteiger partial charge in [0.1, 0.15) is 5.75 Å². The van der Waals surface area contributed by atoms with Crippen LogP contribution in [0.2, 0.25) is 0 Å². The number of hydrogen-bond acceptors (Lipinski definition) is 4. The number of rotatable bonds is 11. The van der Waals surface area contributed by atoms with E-state index in [1.54, 1.807) is 6.20 Å². The second-order valence-corrected chi connectivity index (χ2v) is 8.17. The van der Waals surface area contributed by atoms with E-state index < -0.39 is 5.97 Å². The Labute approximate surface area is 182 Å². The number of nitrogens with zero attached hydrogens (tertiary/aromatic N) is 2. The van der Waals surface area contributed by atoms with E-state index in [2.05, 4.69) is 57.6 Å². The summed E-state index contributed by atoms with van der Waals surface area (Å²) in [5, 5.41) is 16.2. The second-order valence-electron chi connectivity index (χ2n) is 8.17. The molecular formula is C25H29N3O3. The van der Waals surface area contributed by atoms with Crippen molar-refractivity contribution in [2.45, 2.75) is 32.2 Å². The molecule has 1 aliphatic heterocycles. The van der Waals surface area contributed by atoms with E-state index in [4.69, 9.17) is 9.84 Å². The SMILES string of the molecule is O=C(O)C1CN(Cc2ccc(OCCCCCc3ccccc3)c(-c3ccn[nH]3)c2)C1. The maximum Gasteiger partial charge on any atom is 0.309 e. The van der Waals surface area contributed by atoms with Gasteiger partial charge >= 0.3 is 5.97 Å². The molecule has 31 heavy (non-hydrogen) atoms. The van der Waals surface area contributed by atoms with Crippen LogP contribution in [0, 0.1) is 5.92 Å². The summed E-state index contributed by atoms with van der Waals surface area (Å²) in [4.78, 5) is 13.2. The van der Waals surface area contributed by atoms with Crippen LogP contribution in [0.3, 0.4) is 0 Å². The number of carboxylic acids is 1. The van der Waals surface area contributed by atoms with Crippen LogP contribution in [-0.4, -0.2) is 45.9 Å². The Balaban J connectivity index is 1.30. The highest BCUT2D eigenvalue weighted by Gasteiger charge is 2.32. The average molecular weight is 420 g/mol. The number of benzene rings is 2. The molecule has 3 aromatic rings. The Bertz CT molecular complexity index is 967. The van der Waals surface area contributed by atoms with Gasteiger partial charge in [0.2, 0.25) is 0 Å². The van der Waals surface area contributed by atoms with Crippen molar-refractivity contribution in [3.63, 3.8) is 0 Å². The Morgan fingerprint density at radius 2 is 1.90 bits per heavy atom. The largest absolute Gasteiger partial charge is 0.493 e. The molecule has 0 amide bonds. The minimum Gasteiger partial charge on any atom is -0.493 e. The number of H-pyrrole nitrogens is 1. The molecule has 6 nitrogen and oxygen atoms in total. The van der Waals surface area contributed by atoms with Gasteiger partial charge in [0, 0.05) is 31.4 Å². The lowest BCUT2D eigenvalue weighted by molar-refractivity contribution is -0.147. The van der Waals surface area contributed by atoms with Crippen LogP contribution in [0.15, 0.2) is 60.8 Å². The summed E-state index contributed by atoms with van der Waals surface area (Å²) >= 11 is 0. The third-order valence-corrected chi connectivity index (χ3v) is 5.76. The minimum absolute atomic E-state index is 0.239. The van der Waals surface area contributed by atoms with Crippen molar-refractivity contribution >= 4 is 5.97 Å². The monoisotopic (exact) mass is 419 g/mol. The number of carbonyl (C=O) groups is 1. The number of nitrogens with one attached hydrogen (secondary N) is 1. The van der Waals surface area contributed by atoms with Crippen LogP contribution in [0.4, 0.5) is 0 Å². The number of aromatic amines is 1. The molecule has 0 spiro atoms. The van der Waals surface area contributed by atoms with Crippen molar-refractivity contribution in [3.05, 3.63) is 71.9 Å². The van der Waals surface area contributed by atoms with E-state index in [1.165, 1.54) is 5.56 Å². The minimum atomic E-state index is -0.707. The summed E-state index contributed by atoms with van der Waals surface area (Å²) in [6, 6.07) is 18.7. The smallest absolute Gasteiger partial charge is 0.309 e.